The van der Waals surface area contributed by atoms with Crippen molar-refractivity contribution in [1.29, 1.82) is 0 Å². The monoisotopic (exact) mass is 219 g/mol. The van der Waals surface area contributed by atoms with E-state index in [1.165, 1.54) is 0 Å². The molecule has 0 aliphatic carbocycles. The summed E-state index contributed by atoms with van der Waals surface area (Å²) in [7, 11) is 0. The van der Waals surface area contributed by atoms with E-state index >= 15 is 0 Å². The van der Waals surface area contributed by atoms with E-state index in [1.807, 2.05) is 13.0 Å². The Morgan fingerprint density at radius 1 is 1.56 bits per heavy atom. The molecule has 4 nitrogen and oxygen atoms in total. The number of aryl methyl sites for hydroxylation is 1. The normalized spacial score (nSPS) is 12.9. The summed E-state index contributed by atoms with van der Waals surface area (Å²) in [5.41, 5.74) is 2.35. The topological polar surface area (TPSA) is 63.3 Å². The molecular weight excluding hydrogens is 206 g/mol. The molecule has 2 rings (SSSR count). The Balaban J connectivity index is 2.53. The average Bonchev–Trinajstić information content (AvgIpc) is 2.69. The predicted octanol–water partition coefficient (Wildman–Crippen LogP) is 2.58. The molecule has 1 unspecified atom stereocenters. The second-order valence-corrected chi connectivity index (χ2v) is 3.80. The first-order valence-corrected chi connectivity index (χ1v) is 5.24. The van der Waals surface area contributed by atoms with Gasteiger partial charge >= 0.3 is 5.97 Å². The number of benzene rings is 1. The molecular formula is C12H13NO3. The molecule has 16 heavy (non-hydrogen) atoms. The number of carboxylic acids is 1. The van der Waals surface area contributed by atoms with E-state index in [4.69, 9.17) is 9.63 Å². The quantitative estimate of drug-likeness (QED) is 0.861. The summed E-state index contributed by atoms with van der Waals surface area (Å²) in [6, 6.07) is 5.39. The smallest absolute Gasteiger partial charge is 0.310 e. The summed E-state index contributed by atoms with van der Waals surface area (Å²) in [5.74, 6) is -1.34. The highest BCUT2D eigenvalue weighted by Crippen LogP contribution is 2.24. The fraction of sp³-hybridized carbons (Fsp3) is 0.333. The van der Waals surface area contributed by atoms with Gasteiger partial charge in [-0.1, -0.05) is 18.1 Å². The van der Waals surface area contributed by atoms with Gasteiger partial charge in [-0.2, -0.15) is 0 Å². The average molecular weight is 219 g/mol. The van der Waals surface area contributed by atoms with Crippen LogP contribution in [0.1, 0.15) is 31.0 Å². The fourth-order valence-corrected chi connectivity index (χ4v) is 1.67. The zero-order valence-electron chi connectivity index (χ0n) is 9.23. The van der Waals surface area contributed by atoms with Crippen molar-refractivity contribution in [3.8, 4) is 0 Å². The molecule has 2 aromatic rings. The minimum atomic E-state index is -0.825. The Morgan fingerprint density at radius 3 is 2.94 bits per heavy atom. The summed E-state index contributed by atoms with van der Waals surface area (Å²) in [4.78, 5) is 10.9. The van der Waals surface area contributed by atoms with Crippen LogP contribution in [0, 0.1) is 0 Å². The molecule has 0 amide bonds. The number of hydrogen-bond acceptors (Lipinski definition) is 3. The van der Waals surface area contributed by atoms with E-state index in [2.05, 4.69) is 5.16 Å². The highest BCUT2D eigenvalue weighted by molar-refractivity contribution is 5.83. The molecule has 0 fully saturated rings. The van der Waals surface area contributed by atoms with Gasteiger partial charge in [0.25, 0.3) is 0 Å². The third-order valence-corrected chi connectivity index (χ3v) is 2.77. The number of hydrogen-bond donors (Lipinski definition) is 1. The van der Waals surface area contributed by atoms with E-state index in [0.29, 0.717) is 5.58 Å². The van der Waals surface area contributed by atoms with Crippen LogP contribution in [0.25, 0.3) is 11.0 Å². The van der Waals surface area contributed by atoms with Gasteiger partial charge in [-0.3, -0.25) is 4.79 Å². The molecule has 0 saturated heterocycles. The molecule has 0 aliphatic heterocycles. The van der Waals surface area contributed by atoms with Crippen LogP contribution < -0.4 is 0 Å². The zero-order chi connectivity index (χ0) is 11.7. The van der Waals surface area contributed by atoms with Crippen LogP contribution in [0.15, 0.2) is 22.7 Å². The largest absolute Gasteiger partial charge is 0.481 e. The maximum atomic E-state index is 10.9. The van der Waals surface area contributed by atoms with Crippen LogP contribution in [0.3, 0.4) is 0 Å². The van der Waals surface area contributed by atoms with E-state index in [9.17, 15) is 4.79 Å². The van der Waals surface area contributed by atoms with Crippen molar-refractivity contribution >= 4 is 16.9 Å². The third kappa shape index (κ3) is 1.66. The van der Waals surface area contributed by atoms with E-state index in [-0.39, 0.29) is 0 Å². The Labute approximate surface area is 92.9 Å². The highest BCUT2D eigenvalue weighted by Gasteiger charge is 2.15. The molecule has 0 aliphatic rings. The minimum Gasteiger partial charge on any atom is -0.481 e. The number of nitrogens with zero attached hydrogens (tertiary/aromatic N) is 1. The number of carbonyl (C=O) groups is 1. The summed E-state index contributed by atoms with van der Waals surface area (Å²) >= 11 is 0. The number of carboxylic acid groups (broad SMARTS) is 1. The predicted molar refractivity (Wildman–Crippen MR) is 59.4 cm³/mol. The second-order valence-electron chi connectivity index (χ2n) is 3.80. The molecule has 1 aromatic carbocycles. The summed E-state index contributed by atoms with van der Waals surface area (Å²) in [6.07, 6.45) is 0.776. The first kappa shape index (κ1) is 10.7. The first-order valence-electron chi connectivity index (χ1n) is 5.24. The van der Waals surface area contributed by atoms with Gasteiger partial charge in [0.15, 0.2) is 5.58 Å². The molecule has 0 saturated carbocycles. The van der Waals surface area contributed by atoms with Crippen molar-refractivity contribution in [3.63, 3.8) is 0 Å². The van der Waals surface area contributed by atoms with Gasteiger partial charge < -0.3 is 9.63 Å². The van der Waals surface area contributed by atoms with Crippen LogP contribution in [0.5, 0.6) is 0 Å². The van der Waals surface area contributed by atoms with E-state index in [1.54, 1.807) is 19.1 Å². The molecule has 4 heteroatoms. The summed E-state index contributed by atoms with van der Waals surface area (Å²) in [5, 5.41) is 13.8. The second kappa shape index (κ2) is 3.96. The summed E-state index contributed by atoms with van der Waals surface area (Å²) in [6.45, 7) is 3.66. The van der Waals surface area contributed by atoms with Gasteiger partial charge in [-0.05, 0) is 31.0 Å². The number of aromatic nitrogens is 1. The molecule has 1 heterocycles. The SMILES string of the molecule is CCc1noc2ccc(C(C)C(=O)O)cc12. The molecule has 84 valence electrons. The zero-order valence-corrected chi connectivity index (χ0v) is 9.23. The lowest BCUT2D eigenvalue weighted by Crippen LogP contribution is -2.06. The standard InChI is InChI=1S/C12H13NO3/c1-3-10-9-6-8(7(2)12(14)15)4-5-11(9)16-13-10/h4-7H,3H2,1-2H3,(H,14,15). The molecule has 1 aromatic heterocycles. The lowest BCUT2D eigenvalue weighted by molar-refractivity contribution is -0.138. The Kier molecular flexibility index (Phi) is 2.64. The maximum absolute atomic E-state index is 10.9. The van der Waals surface area contributed by atoms with Crippen LogP contribution in [0.2, 0.25) is 0 Å². The van der Waals surface area contributed by atoms with Crippen molar-refractivity contribution < 1.29 is 14.4 Å². The molecule has 0 spiro atoms. The third-order valence-electron chi connectivity index (χ3n) is 2.77. The Bertz CT molecular complexity index is 530. The lowest BCUT2D eigenvalue weighted by atomic mass is 9.99. The van der Waals surface area contributed by atoms with Crippen molar-refractivity contribution in [2.24, 2.45) is 0 Å². The van der Waals surface area contributed by atoms with Gasteiger partial charge in [0.1, 0.15) is 0 Å². The van der Waals surface area contributed by atoms with Gasteiger partial charge in [0.05, 0.1) is 11.6 Å². The molecule has 0 bridgehead atoms. The number of aliphatic carboxylic acids is 1. The highest BCUT2D eigenvalue weighted by atomic mass is 16.5. The van der Waals surface area contributed by atoms with Crippen molar-refractivity contribution in [2.75, 3.05) is 0 Å². The van der Waals surface area contributed by atoms with Gasteiger partial charge in [0.2, 0.25) is 0 Å². The molecule has 1 atom stereocenters. The number of fused-ring (bicyclic) bond motifs is 1. The minimum absolute atomic E-state index is 0.510. The van der Waals surface area contributed by atoms with E-state index in [0.717, 1.165) is 23.1 Å². The van der Waals surface area contributed by atoms with Crippen LogP contribution in [-0.4, -0.2) is 16.2 Å². The Morgan fingerprint density at radius 2 is 2.31 bits per heavy atom. The van der Waals surface area contributed by atoms with Gasteiger partial charge in [-0.25, -0.2) is 0 Å². The first-order chi connectivity index (χ1) is 7.63. The van der Waals surface area contributed by atoms with E-state index < -0.39 is 11.9 Å². The molecule has 1 N–H and O–H groups in total. The lowest BCUT2D eigenvalue weighted by Gasteiger charge is -2.05. The van der Waals surface area contributed by atoms with Gasteiger partial charge in [-0.15, -0.1) is 0 Å². The van der Waals surface area contributed by atoms with Crippen molar-refractivity contribution in [3.05, 3.63) is 29.5 Å². The Hall–Kier alpha value is -1.84. The van der Waals surface area contributed by atoms with Crippen LogP contribution >= 0.6 is 0 Å². The van der Waals surface area contributed by atoms with Crippen LogP contribution in [0.4, 0.5) is 0 Å². The van der Waals surface area contributed by atoms with Crippen LogP contribution in [-0.2, 0) is 11.2 Å². The molecule has 0 radical (unpaired) electrons. The maximum Gasteiger partial charge on any atom is 0.310 e. The number of rotatable bonds is 3. The summed E-state index contributed by atoms with van der Waals surface area (Å²) < 4.78 is 5.14. The fourth-order valence-electron chi connectivity index (χ4n) is 1.67. The van der Waals surface area contributed by atoms with Crippen molar-refractivity contribution in [2.45, 2.75) is 26.2 Å². The van der Waals surface area contributed by atoms with Gasteiger partial charge in [0, 0.05) is 5.39 Å². The van der Waals surface area contributed by atoms with Crippen molar-refractivity contribution in [1.82, 2.24) is 5.16 Å².